The summed E-state index contributed by atoms with van der Waals surface area (Å²) in [5.74, 6) is 1.24. The Bertz CT molecular complexity index is 1170. The number of carbonyl (C=O) groups excluding carboxylic acids is 1. The number of nitriles is 1. The van der Waals surface area contributed by atoms with E-state index in [0.717, 1.165) is 5.56 Å². The molecule has 0 aliphatic carbocycles. The quantitative estimate of drug-likeness (QED) is 0.317. The minimum atomic E-state index is -0.510. The normalized spacial score (nSPS) is 10.8. The Hall–Kier alpha value is -3.95. The molecule has 0 aliphatic heterocycles. The molecule has 0 unspecified atom stereocenters. The molecule has 0 bridgehead atoms. The number of hydrogen-bond acceptors (Lipinski definition) is 5. The zero-order valence-corrected chi connectivity index (χ0v) is 19.1. The molecule has 0 saturated heterocycles. The van der Waals surface area contributed by atoms with Crippen LogP contribution in [-0.4, -0.2) is 19.6 Å². The van der Waals surface area contributed by atoms with E-state index >= 15 is 0 Å². The van der Waals surface area contributed by atoms with Gasteiger partial charge in [-0.25, -0.2) is 0 Å². The van der Waals surface area contributed by atoms with E-state index in [1.54, 1.807) is 61.7 Å². The standard InChI is InChI=1S/C26H23ClN2O4/c1-3-32-25-15-19(6-13-24(25)33-17-18-4-7-21(27)8-5-18)14-20(16-28)26(30)29-22-9-11-23(31-2)12-10-22/h4-15H,3,17H2,1-2H3,(H,29,30)/b20-14-. The van der Waals surface area contributed by atoms with Crippen LogP contribution in [0.3, 0.4) is 0 Å². The molecule has 3 rings (SSSR count). The number of nitrogens with one attached hydrogen (secondary N) is 1. The smallest absolute Gasteiger partial charge is 0.266 e. The van der Waals surface area contributed by atoms with Crippen molar-refractivity contribution in [3.63, 3.8) is 0 Å². The summed E-state index contributed by atoms with van der Waals surface area (Å²) in [6, 6.07) is 21.4. The van der Waals surface area contributed by atoms with Crippen LogP contribution in [0.25, 0.3) is 6.08 Å². The summed E-state index contributed by atoms with van der Waals surface area (Å²) in [5, 5.41) is 12.9. The molecule has 0 aromatic heterocycles. The van der Waals surface area contributed by atoms with Crippen molar-refractivity contribution in [1.82, 2.24) is 0 Å². The van der Waals surface area contributed by atoms with Gasteiger partial charge < -0.3 is 19.5 Å². The predicted molar refractivity (Wildman–Crippen MR) is 129 cm³/mol. The fourth-order valence-electron chi connectivity index (χ4n) is 2.93. The molecule has 3 aromatic rings. The zero-order chi connectivity index (χ0) is 23.6. The van der Waals surface area contributed by atoms with Crippen molar-refractivity contribution in [2.45, 2.75) is 13.5 Å². The summed E-state index contributed by atoms with van der Waals surface area (Å²) >= 11 is 5.92. The highest BCUT2D eigenvalue weighted by Gasteiger charge is 2.12. The first kappa shape index (κ1) is 23.7. The molecular formula is C26H23ClN2O4. The van der Waals surface area contributed by atoms with Crippen LogP contribution in [0, 0.1) is 11.3 Å². The maximum absolute atomic E-state index is 12.6. The molecule has 7 heteroatoms. The lowest BCUT2D eigenvalue weighted by molar-refractivity contribution is -0.112. The van der Waals surface area contributed by atoms with E-state index < -0.39 is 5.91 Å². The fraction of sp³-hybridized carbons (Fsp3) is 0.154. The Labute approximate surface area is 198 Å². The van der Waals surface area contributed by atoms with Gasteiger partial charge in [-0.05, 0) is 72.7 Å². The molecule has 0 spiro atoms. The Morgan fingerprint density at radius 1 is 1.03 bits per heavy atom. The van der Waals surface area contributed by atoms with Crippen molar-refractivity contribution >= 4 is 29.3 Å². The first-order chi connectivity index (χ1) is 16.0. The van der Waals surface area contributed by atoms with Crippen LogP contribution in [-0.2, 0) is 11.4 Å². The summed E-state index contributed by atoms with van der Waals surface area (Å²) in [5.41, 5.74) is 2.12. The van der Waals surface area contributed by atoms with Gasteiger partial charge in [0.15, 0.2) is 11.5 Å². The third kappa shape index (κ3) is 6.76. The number of rotatable bonds is 9. The average Bonchev–Trinajstić information content (AvgIpc) is 2.83. The lowest BCUT2D eigenvalue weighted by Gasteiger charge is -2.13. The molecule has 3 aromatic carbocycles. The molecule has 0 fully saturated rings. The van der Waals surface area contributed by atoms with Gasteiger partial charge in [0.25, 0.3) is 5.91 Å². The van der Waals surface area contributed by atoms with Gasteiger partial charge in [-0.2, -0.15) is 5.26 Å². The van der Waals surface area contributed by atoms with Crippen LogP contribution in [0.1, 0.15) is 18.1 Å². The predicted octanol–water partition coefficient (Wildman–Crippen LogP) is 5.87. The fourth-order valence-corrected chi connectivity index (χ4v) is 3.06. The molecule has 0 atom stereocenters. The number of hydrogen-bond donors (Lipinski definition) is 1. The third-order valence-corrected chi connectivity index (χ3v) is 4.85. The molecule has 1 amide bonds. The Morgan fingerprint density at radius 2 is 1.76 bits per heavy atom. The maximum atomic E-state index is 12.6. The van der Waals surface area contributed by atoms with Crippen molar-refractivity contribution < 1.29 is 19.0 Å². The molecule has 33 heavy (non-hydrogen) atoms. The number of benzene rings is 3. The van der Waals surface area contributed by atoms with Gasteiger partial charge in [0, 0.05) is 10.7 Å². The van der Waals surface area contributed by atoms with Crippen LogP contribution >= 0.6 is 11.6 Å². The monoisotopic (exact) mass is 462 g/mol. The Kier molecular flexibility index (Phi) is 8.34. The maximum Gasteiger partial charge on any atom is 0.266 e. The van der Waals surface area contributed by atoms with Gasteiger partial charge in [-0.15, -0.1) is 0 Å². The number of ether oxygens (including phenoxy) is 3. The van der Waals surface area contributed by atoms with Crippen molar-refractivity contribution in [3.8, 4) is 23.3 Å². The highest BCUT2D eigenvalue weighted by molar-refractivity contribution is 6.30. The number of carbonyl (C=O) groups is 1. The number of nitrogens with zero attached hydrogens (tertiary/aromatic N) is 1. The van der Waals surface area contributed by atoms with Crippen LogP contribution in [0.4, 0.5) is 5.69 Å². The number of halogens is 1. The topological polar surface area (TPSA) is 80.6 Å². The van der Waals surface area contributed by atoms with Gasteiger partial charge in [0.05, 0.1) is 13.7 Å². The summed E-state index contributed by atoms with van der Waals surface area (Å²) in [4.78, 5) is 12.6. The highest BCUT2D eigenvalue weighted by atomic mass is 35.5. The molecule has 0 aliphatic rings. The van der Waals surface area contributed by atoms with Gasteiger partial charge in [-0.3, -0.25) is 4.79 Å². The molecule has 0 saturated carbocycles. The van der Waals surface area contributed by atoms with Crippen LogP contribution in [0.15, 0.2) is 72.3 Å². The molecule has 1 N–H and O–H groups in total. The van der Waals surface area contributed by atoms with Gasteiger partial charge in [-0.1, -0.05) is 29.8 Å². The van der Waals surface area contributed by atoms with E-state index in [1.807, 2.05) is 25.1 Å². The van der Waals surface area contributed by atoms with E-state index in [0.29, 0.717) is 46.7 Å². The van der Waals surface area contributed by atoms with Crippen molar-refractivity contribution in [2.75, 3.05) is 19.0 Å². The van der Waals surface area contributed by atoms with Crippen LogP contribution < -0.4 is 19.5 Å². The molecule has 6 nitrogen and oxygen atoms in total. The minimum Gasteiger partial charge on any atom is -0.497 e. The second kappa shape index (κ2) is 11.6. The lowest BCUT2D eigenvalue weighted by atomic mass is 10.1. The van der Waals surface area contributed by atoms with Crippen LogP contribution in [0.2, 0.25) is 5.02 Å². The summed E-state index contributed by atoms with van der Waals surface area (Å²) in [6.07, 6.45) is 1.50. The first-order valence-electron chi connectivity index (χ1n) is 10.2. The Morgan fingerprint density at radius 3 is 2.39 bits per heavy atom. The van der Waals surface area contributed by atoms with Crippen molar-refractivity contribution in [3.05, 3.63) is 88.5 Å². The summed E-state index contributed by atoms with van der Waals surface area (Å²) in [6.45, 7) is 2.65. The van der Waals surface area contributed by atoms with Crippen molar-refractivity contribution in [1.29, 1.82) is 5.26 Å². The second-order valence-electron chi connectivity index (χ2n) is 6.91. The third-order valence-electron chi connectivity index (χ3n) is 4.60. The average molecular weight is 463 g/mol. The van der Waals surface area contributed by atoms with E-state index in [1.165, 1.54) is 6.08 Å². The van der Waals surface area contributed by atoms with Gasteiger partial charge in [0.2, 0.25) is 0 Å². The van der Waals surface area contributed by atoms with E-state index in [4.69, 9.17) is 25.8 Å². The summed E-state index contributed by atoms with van der Waals surface area (Å²) < 4.78 is 16.7. The molecule has 0 radical (unpaired) electrons. The van der Waals surface area contributed by atoms with Crippen LogP contribution in [0.5, 0.6) is 17.2 Å². The Balaban J connectivity index is 1.75. The zero-order valence-electron chi connectivity index (χ0n) is 18.3. The first-order valence-corrected chi connectivity index (χ1v) is 10.6. The summed E-state index contributed by atoms with van der Waals surface area (Å²) in [7, 11) is 1.56. The molecular weight excluding hydrogens is 440 g/mol. The molecule has 0 heterocycles. The SMILES string of the molecule is CCOc1cc(/C=C(/C#N)C(=O)Nc2ccc(OC)cc2)ccc1OCc1ccc(Cl)cc1. The number of anilines is 1. The largest absolute Gasteiger partial charge is 0.497 e. The second-order valence-corrected chi connectivity index (χ2v) is 7.34. The lowest BCUT2D eigenvalue weighted by Crippen LogP contribution is -2.13. The highest BCUT2D eigenvalue weighted by Crippen LogP contribution is 2.30. The van der Waals surface area contributed by atoms with E-state index in [2.05, 4.69) is 5.32 Å². The minimum absolute atomic E-state index is 0.0388. The van der Waals surface area contributed by atoms with Crippen molar-refractivity contribution in [2.24, 2.45) is 0 Å². The van der Waals surface area contributed by atoms with Gasteiger partial charge in [0.1, 0.15) is 24.0 Å². The molecule has 168 valence electrons. The van der Waals surface area contributed by atoms with Gasteiger partial charge >= 0.3 is 0 Å². The number of amides is 1. The van der Waals surface area contributed by atoms with E-state index in [9.17, 15) is 10.1 Å². The van der Waals surface area contributed by atoms with E-state index in [-0.39, 0.29) is 5.57 Å². The number of methoxy groups -OCH3 is 1.